The summed E-state index contributed by atoms with van der Waals surface area (Å²) in [4.78, 5) is 14.3. The second kappa shape index (κ2) is 7.34. The molecule has 0 bridgehead atoms. The van der Waals surface area contributed by atoms with Gasteiger partial charge in [0.2, 0.25) is 6.79 Å². The van der Waals surface area contributed by atoms with Crippen molar-refractivity contribution in [2.45, 2.75) is 52.6 Å². The van der Waals surface area contributed by atoms with Crippen molar-refractivity contribution in [2.75, 3.05) is 12.1 Å². The SMILES string of the molecule is CCC(C)(C)[C@@H]1CCc2c(sc3c2C(=O)N[C@H](/C=C/c2ccc4c(c2)OCO4)N3)C1. The zero-order chi connectivity index (χ0) is 20.9. The van der Waals surface area contributed by atoms with E-state index in [0.717, 1.165) is 46.9 Å². The van der Waals surface area contributed by atoms with Gasteiger partial charge < -0.3 is 20.1 Å². The fourth-order valence-corrected chi connectivity index (χ4v) is 5.96. The molecule has 1 amide bonds. The number of carbonyl (C=O) groups excluding carboxylic acids is 1. The summed E-state index contributed by atoms with van der Waals surface area (Å²) < 4.78 is 10.8. The van der Waals surface area contributed by atoms with Crippen LogP contribution in [0.2, 0.25) is 0 Å². The molecular formula is C24H28N2O3S. The van der Waals surface area contributed by atoms with E-state index in [9.17, 15) is 4.79 Å². The third kappa shape index (κ3) is 3.37. The number of amides is 1. The van der Waals surface area contributed by atoms with Crippen molar-refractivity contribution in [2.24, 2.45) is 11.3 Å². The van der Waals surface area contributed by atoms with E-state index in [0.29, 0.717) is 11.3 Å². The predicted octanol–water partition coefficient (Wildman–Crippen LogP) is 5.21. The van der Waals surface area contributed by atoms with E-state index in [2.05, 4.69) is 31.4 Å². The smallest absolute Gasteiger partial charge is 0.256 e. The molecule has 2 aliphatic heterocycles. The van der Waals surface area contributed by atoms with Gasteiger partial charge in [0.15, 0.2) is 11.5 Å². The first-order valence-electron chi connectivity index (χ1n) is 10.7. The first kappa shape index (κ1) is 19.5. The first-order valence-corrected chi connectivity index (χ1v) is 11.6. The van der Waals surface area contributed by atoms with E-state index in [-0.39, 0.29) is 18.9 Å². The largest absolute Gasteiger partial charge is 0.454 e. The highest BCUT2D eigenvalue weighted by atomic mass is 32.1. The van der Waals surface area contributed by atoms with E-state index in [1.54, 1.807) is 11.3 Å². The number of carbonyl (C=O) groups is 1. The Kier molecular flexibility index (Phi) is 4.77. The molecule has 0 unspecified atom stereocenters. The third-order valence-electron chi connectivity index (χ3n) is 6.96. The fraction of sp³-hybridized carbons (Fsp3) is 0.458. The molecule has 0 saturated carbocycles. The van der Waals surface area contributed by atoms with Gasteiger partial charge in [0, 0.05) is 4.88 Å². The summed E-state index contributed by atoms with van der Waals surface area (Å²) in [6.07, 6.45) is 8.20. The van der Waals surface area contributed by atoms with Crippen LogP contribution in [-0.4, -0.2) is 18.9 Å². The van der Waals surface area contributed by atoms with Gasteiger partial charge >= 0.3 is 0 Å². The van der Waals surface area contributed by atoms with Crippen LogP contribution in [0.15, 0.2) is 24.3 Å². The number of thiophene rings is 1. The standard InChI is InChI=1S/C24H28N2O3S/c1-4-24(2,3)15-7-8-16-19(12-15)30-23-21(16)22(27)25-20(26-23)10-6-14-5-9-17-18(11-14)29-13-28-17/h5-6,9-11,15,20,26H,4,7-8,12-13H2,1-3H3,(H,25,27)/b10-6+/t15-,20+/m1/s1. The average Bonchev–Trinajstić information content (AvgIpc) is 3.35. The van der Waals surface area contributed by atoms with Crippen molar-refractivity contribution in [3.8, 4) is 11.5 Å². The number of rotatable bonds is 4. The maximum Gasteiger partial charge on any atom is 0.256 e. The van der Waals surface area contributed by atoms with Crippen LogP contribution in [0, 0.1) is 11.3 Å². The van der Waals surface area contributed by atoms with Crippen molar-refractivity contribution in [3.63, 3.8) is 0 Å². The molecule has 6 heteroatoms. The Morgan fingerprint density at radius 3 is 2.90 bits per heavy atom. The minimum Gasteiger partial charge on any atom is -0.454 e. The molecule has 0 radical (unpaired) electrons. The lowest BCUT2D eigenvalue weighted by Crippen LogP contribution is -2.43. The van der Waals surface area contributed by atoms with Crippen LogP contribution >= 0.6 is 11.3 Å². The molecule has 2 atom stereocenters. The summed E-state index contributed by atoms with van der Waals surface area (Å²) in [5.41, 5.74) is 3.49. The molecule has 1 aromatic heterocycles. The zero-order valence-electron chi connectivity index (χ0n) is 17.7. The van der Waals surface area contributed by atoms with Crippen molar-refractivity contribution in [1.29, 1.82) is 0 Å². The summed E-state index contributed by atoms with van der Waals surface area (Å²) in [5.74, 6) is 2.25. The molecule has 0 saturated heterocycles. The molecule has 30 heavy (non-hydrogen) atoms. The molecule has 0 fully saturated rings. The number of hydrogen-bond donors (Lipinski definition) is 2. The minimum atomic E-state index is -0.224. The monoisotopic (exact) mass is 424 g/mol. The molecule has 158 valence electrons. The van der Waals surface area contributed by atoms with Crippen LogP contribution in [0.3, 0.4) is 0 Å². The van der Waals surface area contributed by atoms with Crippen LogP contribution in [-0.2, 0) is 12.8 Å². The van der Waals surface area contributed by atoms with Gasteiger partial charge in [-0.05, 0) is 59.9 Å². The van der Waals surface area contributed by atoms with Gasteiger partial charge in [-0.3, -0.25) is 4.79 Å². The lowest BCUT2D eigenvalue weighted by atomic mass is 9.69. The van der Waals surface area contributed by atoms with E-state index in [1.165, 1.54) is 16.9 Å². The number of fused-ring (bicyclic) bond motifs is 4. The lowest BCUT2D eigenvalue weighted by Gasteiger charge is -2.36. The lowest BCUT2D eigenvalue weighted by molar-refractivity contribution is 0.0942. The van der Waals surface area contributed by atoms with E-state index < -0.39 is 0 Å². The molecule has 5 rings (SSSR count). The summed E-state index contributed by atoms with van der Waals surface area (Å²) in [5, 5.41) is 7.63. The summed E-state index contributed by atoms with van der Waals surface area (Å²) >= 11 is 1.77. The molecule has 2 aromatic rings. The number of anilines is 1. The molecule has 1 aromatic carbocycles. The molecule has 0 spiro atoms. The van der Waals surface area contributed by atoms with E-state index in [4.69, 9.17) is 9.47 Å². The Hall–Kier alpha value is -2.47. The van der Waals surface area contributed by atoms with Crippen LogP contribution < -0.4 is 20.1 Å². The average molecular weight is 425 g/mol. The molecule has 3 heterocycles. The molecule has 3 aliphatic rings. The molecular weight excluding hydrogens is 396 g/mol. The van der Waals surface area contributed by atoms with Gasteiger partial charge in [-0.25, -0.2) is 0 Å². The van der Waals surface area contributed by atoms with Crippen LogP contribution in [0.25, 0.3) is 6.08 Å². The van der Waals surface area contributed by atoms with Gasteiger partial charge in [-0.15, -0.1) is 11.3 Å². The third-order valence-corrected chi connectivity index (χ3v) is 8.15. The van der Waals surface area contributed by atoms with Crippen molar-refractivity contribution in [3.05, 3.63) is 45.8 Å². The summed E-state index contributed by atoms with van der Waals surface area (Å²) in [6, 6.07) is 5.85. The summed E-state index contributed by atoms with van der Waals surface area (Å²) in [6.45, 7) is 7.29. The second-order valence-electron chi connectivity index (χ2n) is 9.06. The van der Waals surface area contributed by atoms with Gasteiger partial charge in [-0.2, -0.15) is 0 Å². The number of ether oxygens (including phenoxy) is 2. The van der Waals surface area contributed by atoms with Gasteiger partial charge in [-0.1, -0.05) is 39.3 Å². The highest BCUT2D eigenvalue weighted by Gasteiger charge is 2.36. The predicted molar refractivity (Wildman–Crippen MR) is 120 cm³/mol. The van der Waals surface area contributed by atoms with Crippen LogP contribution in [0.1, 0.15) is 60.0 Å². The number of hydrogen-bond acceptors (Lipinski definition) is 5. The van der Waals surface area contributed by atoms with Crippen molar-refractivity contribution in [1.82, 2.24) is 5.32 Å². The number of benzene rings is 1. The van der Waals surface area contributed by atoms with Gasteiger partial charge in [0.05, 0.1) is 5.56 Å². The molecule has 2 N–H and O–H groups in total. The summed E-state index contributed by atoms with van der Waals surface area (Å²) in [7, 11) is 0. The van der Waals surface area contributed by atoms with Gasteiger partial charge in [0.1, 0.15) is 11.2 Å². The maximum absolute atomic E-state index is 12.9. The Balaban J connectivity index is 1.34. The normalized spacial score (nSPS) is 22.4. The quantitative estimate of drug-likeness (QED) is 0.707. The topological polar surface area (TPSA) is 59.6 Å². The highest BCUT2D eigenvalue weighted by molar-refractivity contribution is 7.16. The Morgan fingerprint density at radius 2 is 2.07 bits per heavy atom. The Labute approximate surface area is 181 Å². The van der Waals surface area contributed by atoms with E-state index in [1.807, 2.05) is 30.4 Å². The Bertz CT molecular complexity index is 1020. The van der Waals surface area contributed by atoms with E-state index >= 15 is 0 Å². The molecule has 5 nitrogen and oxygen atoms in total. The zero-order valence-corrected chi connectivity index (χ0v) is 18.5. The van der Waals surface area contributed by atoms with Gasteiger partial charge in [0.25, 0.3) is 5.91 Å². The molecule has 1 aliphatic carbocycles. The fourth-order valence-electron chi connectivity index (χ4n) is 4.59. The Morgan fingerprint density at radius 1 is 1.23 bits per heavy atom. The van der Waals surface area contributed by atoms with Crippen molar-refractivity contribution >= 4 is 28.3 Å². The second-order valence-corrected chi connectivity index (χ2v) is 10.2. The number of nitrogens with one attached hydrogen (secondary N) is 2. The highest BCUT2D eigenvalue weighted by Crippen LogP contribution is 2.46. The first-order chi connectivity index (χ1) is 14.4. The maximum atomic E-state index is 12.9. The minimum absolute atomic E-state index is 0.0368. The van der Waals surface area contributed by atoms with Crippen LogP contribution in [0.4, 0.5) is 5.00 Å². The van der Waals surface area contributed by atoms with Crippen LogP contribution in [0.5, 0.6) is 11.5 Å². The van der Waals surface area contributed by atoms with Crippen molar-refractivity contribution < 1.29 is 14.3 Å².